The van der Waals surface area contributed by atoms with Crippen LogP contribution in [0.15, 0.2) is 47.0 Å². The van der Waals surface area contributed by atoms with Gasteiger partial charge in [0.25, 0.3) is 0 Å². The van der Waals surface area contributed by atoms with Gasteiger partial charge < -0.3 is 14.7 Å². The van der Waals surface area contributed by atoms with E-state index in [-0.39, 0.29) is 18.3 Å². The Hall–Kier alpha value is -3.15. The Bertz CT molecular complexity index is 1060. The molecular formula is C18H14FN3O2. The van der Waals surface area contributed by atoms with Gasteiger partial charge in [-0.25, -0.2) is 9.37 Å². The minimum absolute atomic E-state index is 0.135. The number of hydrogen-bond acceptors (Lipinski definition) is 3. The van der Waals surface area contributed by atoms with Crippen LogP contribution in [-0.2, 0) is 11.3 Å². The molecule has 0 fully saturated rings. The molecule has 4 rings (SSSR count). The minimum Gasteiger partial charge on any atom is -0.439 e. The van der Waals surface area contributed by atoms with E-state index >= 15 is 0 Å². The first kappa shape index (κ1) is 14.4. The van der Waals surface area contributed by atoms with Crippen molar-refractivity contribution in [1.82, 2.24) is 15.3 Å². The van der Waals surface area contributed by atoms with Crippen LogP contribution in [-0.4, -0.2) is 15.9 Å². The van der Waals surface area contributed by atoms with Gasteiger partial charge in [-0.3, -0.25) is 4.79 Å². The van der Waals surface area contributed by atoms with Gasteiger partial charge in [-0.1, -0.05) is 6.07 Å². The lowest BCUT2D eigenvalue weighted by Gasteiger charge is -1.99. The first-order valence-corrected chi connectivity index (χ1v) is 7.51. The van der Waals surface area contributed by atoms with Crippen LogP contribution in [0.1, 0.15) is 12.8 Å². The van der Waals surface area contributed by atoms with Gasteiger partial charge in [0.2, 0.25) is 11.8 Å². The van der Waals surface area contributed by atoms with Crippen molar-refractivity contribution >= 4 is 27.9 Å². The number of carbonyl (C=O) groups is 1. The van der Waals surface area contributed by atoms with Gasteiger partial charge in [-0.15, -0.1) is 0 Å². The average Bonchev–Trinajstić information content (AvgIpc) is 3.14. The van der Waals surface area contributed by atoms with E-state index in [1.807, 2.05) is 24.4 Å². The molecule has 0 radical (unpaired) electrons. The zero-order valence-corrected chi connectivity index (χ0v) is 12.9. The number of aromatic amines is 1. The molecule has 1 amide bonds. The predicted octanol–water partition coefficient (Wildman–Crippen LogP) is 3.75. The summed E-state index contributed by atoms with van der Waals surface area (Å²) in [4.78, 5) is 18.5. The number of fused-ring (bicyclic) bond motifs is 2. The zero-order chi connectivity index (χ0) is 16.7. The van der Waals surface area contributed by atoms with Crippen LogP contribution in [0.25, 0.3) is 33.1 Å². The first-order valence-electron chi connectivity index (χ1n) is 7.51. The molecule has 2 heterocycles. The maximum Gasteiger partial charge on any atom is 0.217 e. The Morgan fingerprint density at radius 1 is 1.29 bits per heavy atom. The number of rotatable bonds is 3. The summed E-state index contributed by atoms with van der Waals surface area (Å²) < 4.78 is 18.9. The van der Waals surface area contributed by atoms with E-state index in [2.05, 4.69) is 15.3 Å². The number of hydrogen-bond donors (Lipinski definition) is 2. The highest BCUT2D eigenvalue weighted by molar-refractivity contribution is 5.97. The largest absolute Gasteiger partial charge is 0.439 e. The maximum absolute atomic E-state index is 13.3. The first-order chi connectivity index (χ1) is 11.6. The van der Waals surface area contributed by atoms with Crippen LogP contribution in [0.3, 0.4) is 0 Å². The van der Waals surface area contributed by atoms with Crippen LogP contribution < -0.4 is 5.32 Å². The standard InChI is InChI=1S/C18H14FN3O2/c1-10(23)20-9-18-22-16-6-11(2-5-17(16)24-18)14-8-21-15-7-12(19)3-4-13(14)15/h2-8,21H,9H2,1H3,(H,20,23). The lowest BCUT2D eigenvalue weighted by atomic mass is 10.0. The average molecular weight is 323 g/mol. The summed E-state index contributed by atoms with van der Waals surface area (Å²) in [5, 5.41) is 3.60. The van der Waals surface area contributed by atoms with Crippen LogP contribution in [0, 0.1) is 5.82 Å². The molecule has 0 atom stereocenters. The molecule has 0 aliphatic carbocycles. The molecule has 0 unspecified atom stereocenters. The third-order valence-electron chi connectivity index (χ3n) is 3.88. The van der Waals surface area contributed by atoms with Crippen LogP contribution in [0.5, 0.6) is 0 Å². The van der Waals surface area contributed by atoms with Crippen molar-refractivity contribution < 1.29 is 13.6 Å². The van der Waals surface area contributed by atoms with E-state index in [4.69, 9.17) is 4.42 Å². The van der Waals surface area contributed by atoms with Gasteiger partial charge in [-0.2, -0.15) is 0 Å². The number of nitrogens with zero attached hydrogens (tertiary/aromatic N) is 1. The quantitative estimate of drug-likeness (QED) is 0.603. The number of nitrogens with one attached hydrogen (secondary N) is 2. The molecule has 120 valence electrons. The third-order valence-corrected chi connectivity index (χ3v) is 3.88. The van der Waals surface area contributed by atoms with Gasteiger partial charge in [0.15, 0.2) is 5.58 Å². The van der Waals surface area contributed by atoms with Gasteiger partial charge >= 0.3 is 0 Å². The number of benzene rings is 2. The van der Waals surface area contributed by atoms with Crippen molar-refractivity contribution in [3.63, 3.8) is 0 Å². The van der Waals surface area contributed by atoms with E-state index in [9.17, 15) is 9.18 Å². The molecule has 6 heteroatoms. The molecule has 0 bridgehead atoms. The fourth-order valence-corrected chi connectivity index (χ4v) is 2.76. The van der Waals surface area contributed by atoms with Crippen molar-refractivity contribution in [2.24, 2.45) is 0 Å². The van der Waals surface area contributed by atoms with Crippen LogP contribution in [0.2, 0.25) is 0 Å². The molecule has 0 saturated carbocycles. The number of amides is 1. The lowest BCUT2D eigenvalue weighted by molar-refractivity contribution is -0.119. The maximum atomic E-state index is 13.3. The highest BCUT2D eigenvalue weighted by atomic mass is 19.1. The fraction of sp³-hybridized carbons (Fsp3) is 0.111. The number of halogens is 1. The van der Waals surface area contributed by atoms with Gasteiger partial charge in [0.1, 0.15) is 11.3 Å². The second-order valence-corrected chi connectivity index (χ2v) is 5.59. The van der Waals surface area contributed by atoms with E-state index < -0.39 is 0 Å². The van der Waals surface area contributed by atoms with Crippen LogP contribution >= 0.6 is 0 Å². The summed E-state index contributed by atoms with van der Waals surface area (Å²) in [6.45, 7) is 1.70. The van der Waals surface area contributed by atoms with E-state index in [1.165, 1.54) is 19.1 Å². The summed E-state index contributed by atoms with van der Waals surface area (Å²) in [6.07, 6.45) is 1.85. The molecule has 2 aromatic carbocycles. The zero-order valence-electron chi connectivity index (χ0n) is 12.9. The summed E-state index contributed by atoms with van der Waals surface area (Å²) in [5.74, 6) is 0.0489. The molecule has 5 nitrogen and oxygen atoms in total. The predicted molar refractivity (Wildman–Crippen MR) is 88.8 cm³/mol. The lowest BCUT2D eigenvalue weighted by Crippen LogP contribution is -2.18. The Kier molecular flexibility index (Phi) is 3.30. The third kappa shape index (κ3) is 2.52. The summed E-state index contributed by atoms with van der Waals surface area (Å²) >= 11 is 0. The molecule has 4 aromatic rings. The van der Waals surface area contributed by atoms with Crippen molar-refractivity contribution in [1.29, 1.82) is 0 Å². The van der Waals surface area contributed by atoms with Gasteiger partial charge in [0.05, 0.1) is 6.54 Å². The normalized spacial score (nSPS) is 11.2. The van der Waals surface area contributed by atoms with Crippen molar-refractivity contribution in [2.75, 3.05) is 0 Å². The molecule has 0 saturated heterocycles. The monoisotopic (exact) mass is 323 g/mol. The number of H-pyrrole nitrogens is 1. The van der Waals surface area contributed by atoms with E-state index in [1.54, 1.807) is 6.07 Å². The number of aromatic nitrogens is 2. The van der Waals surface area contributed by atoms with E-state index in [0.29, 0.717) is 17.0 Å². The highest BCUT2D eigenvalue weighted by Crippen LogP contribution is 2.31. The Balaban J connectivity index is 1.74. The van der Waals surface area contributed by atoms with Gasteiger partial charge in [0, 0.05) is 29.6 Å². The van der Waals surface area contributed by atoms with E-state index in [0.717, 1.165) is 22.0 Å². The van der Waals surface area contributed by atoms with Crippen molar-refractivity contribution in [2.45, 2.75) is 13.5 Å². The Morgan fingerprint density at radius 2 is 2.17 bits per heavy atom. The molecule has 2 aromatic heterocycles. The van der Waals surface area contributed by atoms with Gasteiger partial charge in [-0.05, 0) is 35.9 Å². The minimum atomic E-state index is -0.273. The van der Waals surface area contributed by atoms with Crippen molar-refractivity contribution in [3.8, 4) is 11.1 Å². The number of oxazole rings is 1. The molecule has 2 N–H and O–H groups in total. The summed E-state index contributed by atoms with van der Waals surface area (Å²) in [5.41, 5.74) is 4.05. The topological polar surface area (TPSA) is 70.9 Å². The molecule has 0 aliphatic heterocycles. The summed E-state index contributed by atoms with van der Waals surface area (Å²) in [7, 11) is 0. The van der Waals surface area contributed by atoms with Crippen LogP contribution in [0.4, 0.5) is 4.39 Å². The van der Waals surface area contributed by atoms with Crippen molar-refractivity contribution in [3.05, 3.63) is 54.3 Å². The number of carbonyl (C=O) groups excluding carboxylic acids is 1. The molecular weight excluding hydrogens is 309 g/mol. The Labute approximate surface area is 136 Å². The fourth-order valence-electron chi connectivity index (χ4n) is 2.76. The Morgan fingerprint density at radius 3 is 3.00 bits per heavy atom. The summed E-state index contributed by atoms with van der Waals surface area (Å²) in [6, 6.07) is 10.4. The highest BCUT2D eigenvalue weighted by Gasteiger charge is 2.11. The smallest absolute Gasteiger partial charge is 0.217 e. The SMILES string of the molecule is CC(=O)NCc1nc2cc(-c3c[nH]c4cc(F)ccc34)ccc2o1. The second-order valence-electron chi connectivity index (χ2n) is 5.59. The second kappa shape index (κ2) is 5.49. The molecule has 0 spiro atoms. The molecule has 24 heavy (non-hydrogen) atoms. The molecule has 0 aliphatic rings.